The monoisotopic (exact) mass is 312 g/mol. The molecule has 1 N–H and O–H groups in total. The van der Waals surface area contributed by atoms with E-state index in [0.29, 0.717) is 22.6 Å². The van der Waals surface area contributed by atoms with Gasteiger partial charge in [0.1, 0.15) is 17.4 Å². The number of rotatable bonds is 5. The quantitative estimate of drug-likeness (QED) is 0.854. The van der Waals surface area contributed by atoms with Crippen LogP contribution in [0.1, 0.15) is 18.2 Å². The third-order valence-corrected chi connectivity index (χ3v) is 3.11. The Morgan fingerprint density at radius 2 is 2.04 bits per heavy atom. The lowest BCUT2D eigenvalue weighted by molar-refractivity contribution is -0.145. The fourth-order valence-corrected chi connectivity index (χ4v) is 2.17. The number of carbonyl (C=O) groups is 1. The second-order valence-electron chi connectivity index (χ2n) is 4.77. The number of esters is 1. The molecule has 1 aromatic heterocycles. The van der Waals surface area contributed by atoms with Gasteiger partial charge in [-0.15, -0.1) is 0 Å². The van der Waals surface area contributed by atoms with Gasteiger partial charge in [-0.25, -0.2) is 4.79 Å². The number of pyridine rings is 1. The molecule has 23 heavy (non-hydrogen) atoms. The summed E-state index contributed by atoms with van der Waals surface area (Å²) in [5.41, 5.74) is 1.21. The highest BCUT2D eigenvalue weighted by molar-refractivity contribution is 5.76. The second-order valence-corrected chi connectivity index (χ2v) is 4.77. The summed E-state index contributed by atoms with van der Waals surface area (Å²) >= 11 is 0. The number of H-pyrrole nitrogens is 1. The van der Waals surface area contributed by atoms with Crippen LogP contribution in [0.3, 0.4) is 0 Å². The van der Waals surface area contributed by atoms with E-state index in [0.717, 1.165) is 0 Å². The summed E-state index contributed by atoms with van der Waals surface area (Å²) in [6.07, 6.45) is 0. The summed E-state index contributed by atoms with van der Waals surface area (Å²) in [4.78, 5) is 26.0. The van der Waals surface area contributed by atoms with Crippen molar-refractivity contribution in [3.05, 3.63) is 51.9 Å². The largest absolute Gasteiger partial charge is 0.481 e. The minimum Gasteiger partial charge on any atom is -0.481 e. The second kappa shape index (κ2) is 7.27. The molecule has 0 bridgehead atoms. The van der Waals surface area contributed by atoms with Crippen molar-refractivity contribution in [3.8, 4) is 22.9 Å². The average molecular weight is 312 g/mol. The van der Waals surface area contributed by atoms with Gasteiger partial charge in [0.25, 0.3) is 5.56 Å². The lowest BCUT2D eigenvalue weighted by atomic mass is 10.0. The van der Waals surface area contributed by atoms with Crippen molar-refractivity contribution in [3.63, 3.8) is 0 Å². The number of ether oxygens (including phenoxy) is 2. The number of aromatic amines is 1. The Kier molecular flexibility index (Phi) is 5.15. The van der Waals surface area contributed by atoms with Crippen molar-refractivity contribution in [2.45, 2.75) is 13.8 Å². The lowest BCUT2D eigenvalue weighted by Crippen LogP contribution is -2.16. The zero-order chi connectivity index (χ0) is 16.8. The Hall–Kier alpha value is -3.07. The van der Waals surface area contributed by atoms with Crippen molar-refractivity contribution in [1.82, 2.24) is 4.98 Å². The molecule has 2 aromatic rings. The molecule has 0 unspecified atom stereocenters. The molecule has 0 aliphatic carbocycles. The zero-order valence-electron chi connectivity index (χ0n) is 12.9. The number of nitrogens with one attached hydrogen (secondary N) is 1. The van der Waals surface area contributed by atoms with Crippen LogP contribution in [-0.4, -0.2) is 24.2 Å². The number of nitriles is 1. The van der Waals surface area contributed by atoms with E-state index in [4.69, 9.17) is 9.47 Å². The molecular formula is C17H16N2O4. The highest BCUT2D eigenvalue weighted by atomic mass is 16.6. The van der Waals surface area contributed by atoms with Gasteiger partial charge in [0.05, 0.1) is 6.61 Å². The Balaban J connectivity index is 2.44. The van der Waals surface area contributed by atoms with E-state index in [1.54, 1.807) is 44.2 Å². The van der Waals surface area contributed by atoms with Gasteiger partial charge in [-0.1, -0.05) is 18.2 Å². The van der Waals surface area contributed by atoms with Gasteiger partial charge >= 0.3 is 5.97 Å². The summed E-state index contributed by atoms with van der Waals surface area (Å²) in [6, 6.07) is 10.5. The van der Waals surface area contributed by atoms with E-state index in [1.165, 1.54) is 0 Å². The van der Waals surface area contributed by atoms with Crippen LogP contribution >= 0.6 is 0 Å². The van der Waals surface area contributed by atoms with Crippen LogP contribution in [0, 0.1) is 18.3 Å². The molecular weight excluding hydrogens is 296 g/mol. The molecule has 0 saturated heterocycles. The van der Waals surface area contributed by atoms with Crippen LogP contribution in [-0.2, 0) is 9.53 Å². The van der Waals surface area contributed by atoms with Crippen LogP contribution in [0.15, 0.2) is 35.1 Å². The van der Waals surface area contributed by atoms with Crippen molar-refractivity contribution >= 4 is 5.97 Å². The van der Waals surface area contributed by atoms with E-state index in [1.807, 2.05) is 6.07 Å². The van der Waals surface area contributed by atoms with Gasteiger partial charge in [-0.2, -0.15) is 5.26 Å². The molecule has 118 valence electrons. The molecule has 0 aliphatic heterocycles. The van der Waals surface area contributed by atoms with Gasteiger partial charge in [0.2, 0.25) is 0 Å². The third-order valence-electron chi connectivity index (χ3n) is 3.11. The van der Waals surface area contributed by atoms with Gasteiger partial charge in [-0.3, -0.25) is 4.79 Å². The van der Waals surface area contributed by atoms with Crippen LogP contribution in [0.5, 0.6) is 5.75 Å². The minimum atomic E-state index is -0.482. The zero-order valence-corrected chi connectivity index (χ0v) is 12.9. The molecule has 0 atom stereocenters. The molecule has 0 amide bonds. The number of hydrogen-bond acceptors (Lipinski definition) is 5. The average Bonchev–Trinajstić information content (AvgIpc) is 2.53. The molecule has 6 nitrogen and oxygen atoms in total. The first kappa shape index (κ1) is 16.3. The summed E-state index contributed by atoms with van der Waals surface area (Å²) < 4.78 is 10.3. The Morgan fingerprint density at radius 1 is 1.30 bits per heavy atom. The number of hydrogen-bond donors (Lipinski definition) is 1. The maximum Gasteiger partial charge on any atom is 0.344 e. The van der Waals surface area contributed by atoms with Crippen LogP contribution in [0.2, 0.25) is 0 Å². The molecule has 0 saturated carbocycles. The predicted molar refractivity (Wildman–Crippen MR) is 84.1 cm³/mol. The van der Waals surface area contributed by atoms with E-state index in [9.17, 15) is 14.9 Å². The highest BCUT2D eigenvalue weighted by Gasteiger charge is 2.15. The Labute approximate surface area is 133 Å². The first-order chi connectivity index (χ1) is 11.1. The van der Waals surface area contributed by atoms with Crippen LogP contribution < -0.4 is 10.3 Å². The van der Waals surface area contributed by atoms with E-state index in [2.05, 4.69) is 4.98 Å². The van der Waals surface area contributed by atoms with Gasteiger partial charge < -0.3 is 14.5 Å². The first-order valence-electron chi connectivity index (χ1n) is 7.08. The highest BCUT2D eigenvalue weighted by Crippen LogP contribution is 2.31. The number of aryl methyl sites for hydroxylation is 1. The molecule has 0 radical (unpaired) electrons. The number of aromatic nitrogens is 1. The fourth-order valence-electron chi connectivity index (χ4n) is 2.17. The predicted octanol–water partition coefficient (Wildman–Crippen LogP) is 2.16. The third kappa shape index (κ3) is 3.77. The van der Waals surface area contributed by atoms with Gasteiger partial charge in [0.15, 0.2) is 6.61 Å². The van der Waals surface area contributed by atoms with Gasteiger partial charge in [0, 0.05) is 16.8 Å². The van der Waals surface area contributed by atoms with E-state index < -0.39 is 11.5 Å². The topological polar surface area (TPSA) is 92.2 Å². The first-order valence-corrected chi connectivity index (χ1v) is 7.08. The number of benzene rings is 1. The molecule has 0 aliphatic rings. The molecule has 2 rings (SSSR count). The van der Waals surface area contributed by atoms with Gasteiger partial charge in [-0.05, 0) is 26.0 Å². The molecule has 1 heterocycles. The lowest BCUT2D eigenvalue weighted by Gasteiger charge is -2.12. The SMILES string of the molecule is CCOC(=O)COc1ccccc1-c1cc(C)[nH]c(=O)c1C#N. The Bertz CT molecular complexity index is 818. The smallest absolute Gasteiger partial charge is 0.344 e. The maximum absolute atomic E-state index is 11.9. The van der Waals surface area contributed by atoms with Crippen molar-refractivity contribution in [2.75, 3.05) is 13.2 Å². The standard InChI is InChI=1S/C17H16N2O4/c1-3-22-16(20)10-23-15-7-5-4-6-12(15)13-8-11(2)19-17(21)14(13)9-18/h4-8H,3,10H2,1-2H3,(H,19,21). The molecule has 1 aromatic carbocycles. The Morgan fingerprint density at radius 3 is 2.74 bits per heavy atom. The number of carbonyl (C=O) groups excluding carboxylic acids is 1. The van der Waals surface area contributed by atoms with Crippen LogP contribution in [0.25, 0.3) is 11.1 Å². The van der Waals surface area contributed by atoms with Crippen LogP contribution in [0.4, 0.5) is 0 Å². The van der Waals surface area contributed by atoms with Crippen molar-refractivity contribution < 1.29 is 14.3 Å². The molecule has 6 heteroatoms. The summed E-state index contributed by atoms with van der Waals surface area (Å²) in [5, 5.41) is 9.25. The number of para-hydroxylation sites is 1. The summed E-state index contributed by atoms with van der Waals surface area (Å²) in [5.74, 6) is -0.0769. The van der Waals surface area contributed by atoms with Crippen molar-refractivity contribution in [2.24, 2.45) is 0 Å². The molecule has 0 spiro atoms. The summed E-state index contributed by atoms with van der Waals surface area (Å²) in [6.45, 7) is 3.47. The number of nitrogens with zero attached hydrogens (tertiary/aromatic N) is 1. The minimum absolute atomic E-state index is 0.00258. The maximum atomic E-state index is 11.9. The van der Waals surface area contributed by atoms with Crippen molar-refractivity contribution in [1.29, 1.82) is 5.26 Å². The summed E-state index contributed by atoms with van der Waals surface area (Å²) in [7, 11) is 0. The normalized spacial score (nSPS) is 9.96. The van der Waals surface area contributed by atoms with E-state index in [-0.39, 0.29) is 18.8 Å². The fraction of sp³-hybridized carbons (Fsp3) is 0.235. The molecule has 0 fully saturated rings. The van der Waals surface area contributed by atoms with E-state index >= 15 is 0 Å².